The van der Waals surface area contributed by atoms with Crippen LogP contribution in [0.5, 0.6) is 0 Å². The molecule has 1 unspecified atom stereocenters. The van der Waals surface area contributed by atoms with E-state index in [0.717, 1.165) is 12.7 Å². The van der Waals surface area contributed by atoms with Crippen LogP contribution in [0, 0.1) is 5.92 Å². The zero-order valence-electron chi connectivity index (χ0n) is 12.1. The number of hydrogen-bond donors (Lipinski definition) is 1. The van der Waals surface area contributed by atoms with Gasteiger partial charge in [0.2, 0.25) is 15.9 Å². The summed E-state index contributed by atoms with van der Waals surface area (Å²) >= 11 is 0. The Balaban J connectivity index is 4.38. The topological polar surface area (TPSA) is 66.5 Å². The summed E-state index contributed by atoms with van der Waals surface area (Å²) in [4.78, 5) is 11.7. The largest absolute Gasteiger partial charge is 0.355 e. The Morgan fingerprint density at radius 1 is 1.28 bits per heavy atom. The molecule has 0 saturated heterocycles. The molecule has 0 heterocycles. The van der Waals surface area contributed by atoms with Crippen molar-refractivity contribution in [3.63, 3.8) is 0 Å². The van der Waals surface area contributed by atoms with Crippen molar-refractivity contribution in [3.05, 3.63) is 0 Å². The maximum absolute atomic E-state index is 11.7. The normalized spacial score (nSPS) is 13.9. The van der Waals surface area contributed by atoms with Gasteiger partial charge in [-0.3, -0.25) is 4.79 Å². The quantitative estimate of drug-likeness (QED) is 0.725. The van der Waals surface area contributed by atoms with Crippen LogP contribution in [-0.2, 0) is 14.8 Å². The van der Waals surface area contributed by atoms with Crippen molar-refractivity contribution < 1.29 is 13.2 Å². The Bertz CT molecular complexity index is 352. The fraction of sp³-hybridized carbons (Fsp3) is 0.917. The molecule has 0 spiro atoms. The van der Waals surface area contributed by atoms with Crippen LogP contribution in [0.2, 0.25) is 0 Å². The number of carbonyl (C=O) groups is 1. The molecule has 0 aliphatic carbocycles. The maximum Gasteiger partial charge on any atom is 0.235 e. The highest BCUT2D eigenvalue weighted by molar-refractivity contribution is 7.88. The van der Waals surface area contributed by atoms with Crippen molar-refractivity contribution >= 4 is 15.9 Å². The van der Waals surface area contributed by atoms with Crippen molar-refractivity contribution in [1.29, 1.82) is 0 Å². The van der Waals surface area contributed by atoms with Crippen LogP contribution in [0.4, 0.5) is 0 Å². The summed E-state index contributed by atoms with van der Waals surface area (Å²) in [6.45, 7) is 8.37. The summed E-state index contributed by atoms with van der Waals surface area (Å²) in [5, 5.41) is 2.75. The molecule has 6 heteroatoms. The van der Waals surface area contributed by atoms with Gasteiger partial charge >= 0.3 is 0 Å². The lowest BCUT2D eigenvalue weighted by atomic mass is 10.1. The lowest BCUT2D eigenvalue weighted by Crippen LogP contribution is -2.44. The smallest absolute Gasteiger partial charge is 0.235 e. The second-order valence-corrected chi connectivity index (χ2v) is 7.03. The molecule has 0 radical (unpaired) electrons. The Morgan fingerprint density at radius 2 is 1.83 bits per heavy atom. The third-order valence-electron chi connectivity index (χ3n) is 2.85. The summed E-state index contributed by atoms with van der Waals surface area (Å²) in [6.07, 6.45) is 2.72. The number of rotatable bonds is 8. The van der Waals surface area contributed by atoms with Gasteiger partial charge in [0.05, 0.1) is 12.8 Å². The van der Waals surface area contributed by atoms with Crippen molar-refractivity contribution in [3.8, 4) is 0 Å². The summed E-state index contributed by atoms with van der Waals surface area (Å²) in [7, 11) is -3.34. The number of amides is 1. The van der Waals surface area contributed by atoms with Crippen LogP contribution >= 0.6 is 0 Å². The number of nitrogens with zero attached hydrogens (tertiary/aromatic N) is 1. The van der Waals surface area contributed by atoms with Crippen LogP contribution in [0.3, 0.4) is 0 Å². The third kappa shape index (κ3) is 6.96. The summed E-state index contributed by atoms with van der Waals surface area (Å²) in [5.41, 5.74) is 0. The molecule has 18 heavy (non-hydrogen) atoms. The highest BCUT2D eigenvalue weighted by Gasteiger charge is 2.24. The van der Waals surface area contributed by atoms with E-state index in [-0.39, 0.29) is 18.5 Å². The molecular formula is C12H26N2O3S. The van der Waals surface area contributed by atoms with Crippen LogP contribution in [0.1, 0.15) is 40.5 Å². The minimum absolute atomic E-state index is 0.0913. The van der Waals surface area contributed by atoms with Crippen LogP contribution in [0.25, 0.3) is 0 Å². The second-order valence-electron chi connectivity index (χ2n) is 5.10. The maximum atomic E-state index is 11.7. The Labute approximate surface area is 111 Å². The molecule has 0 aliphatic heterocycles. The van der Waals surface area contributed by atoms with E-state index in [0.29, 0.717) is 18.9 Å². The number of carbonyl (C=O) groups excluding carboxylic acids is 1. The molecule has 1 atom stereocenters. The highest BCUT2D eigenvalue weighted by atomic mass is 32.2. The Kier molecular flexibility index (Phi) is 7.47. The fourth-order valence-electron chi connectivity index (χ4n) is 1.50. The molecule has 0 aromatic rings. The number of hydrogen-bond acceptors (Lipinski definition) is 3. The Morgan fingerprint density at radius 3 is 2.22 bits per heavy atom. The van der Waals surface area contributed by atoms with E-state index in [4.69, 9.17) is 0 Å². The highest BCUT2D eigenvalue weighted by Crippen LogP contribution is 2.08. The van der Waals surface area contributed by atoms with Crippen molar-refractivity contribution in [1.82, 2.24) is 9.62 Å². The van der Waals surface area contributed by atoms with Crippen molar-refractivity contribution in [2.24, 2.45) is 5.92 Å². The van der Waals surface area contributed by atoms with Gasteiger partial charge in [-0.25, -0.2) is 8.42 Å². The average molecular weight is 278 g/mol. The van der Waals surface area contributed by atoms with Gasteiger partial charge in [0.1, 0.15) is 0 Å². The van der Waals surface area contributed by atoms with Crippen LogP contribution < -0.4 is 5.32 Å². The van der Waals surface area contributed by atoms with Gasteiger partial charge in [0, 0.05) is 12.6 Å². The van der Waals surface area contributed by atoms with Gasteiger partial charge < -0.3 is 5.32 Å². The molecule has 0 aromatic carbocycles. The minimum atomic E-state index is -3.34. The first kappa shape index (κ1) is 17.4. The van der Waals surface area contributed by atoms with E-state index in [2.05, 4.69) is 19.2 Å². The van der Waals surface area contributed by atoms with E-state index < -0.39 is 10.0 Å². The van der Waals surface area contributed by atoms with E-state index >= 15 is 0 Å². The fourth-order valence-corrected chi connectivity index (χ4v) is 2.66. The van der Waals surface area contributed by atoms with Crippen LogP contribution in [-0.4, -0.2) is 44.0 Å². The predicted octanol–water partition coefficient (Wildman–Crippen LogP) is 1.21. The Hall–Kier alpha value is -0.620. The summed E-state index contributed by atoms with van der Waals surface area (Å²) in [6, 6.07) is -0.157. The molecule has 0 saturated carbocycles. The zero-order chi connectivity index (χ0) is 14.3. The van der Waals surface area contributed by atoms with E-state index in [1.54, 1.807) is 0 Å². The van der Waals surface area contributed by atoms with E-state index in [1.165, 1.54) is 4.31 Å². The molecule has 0 aromatic heterocycles. The van der Waals surface area contributed by atoms with E-state index in [9.17, 15) is 13.2 Å². The van der Waals surface area contributed by atoms with Gasteiger partial charge in [-0.2, -0.15) is 4.31 Å². The minimum Gasteiger partial charge on any atom is -0.355 e. The first-order valence-corrected chi connectivity index (χ1v) is 8.26. The monoisotopic (exact) mass is 278 g/mol. The van der Waals surface area contributed by atoms with Gasteiger partial charge in [-0.15, -0.1) is 0 Å². The number of nitrogens with one attached hydrogen (secondary N) is 1. The second kappa shape index (κ2) is 7.74. The molecule has 1 N–H and O–H groups in total. The van der Waals surface area contributed by atoms with Gasteiger partial charge in [0.25, 0.3) is 0 Å². The average Bonchev–Trinajstić information content (AvgIpc) is 2.22. The SMILES string of the molecule is CCC(C)N(CC(=O)NCCC(C)C)S(C)(=O)=O. The molecule has 0 rings (SSSR count). The standard InChI is InChI=1S/C12H26N2O3S/c1-6-11(4)14(18(5,16)17)9-12(15)13-8-7-10(2)3/h10-11H,6-9H2,1-5H3,(H,13,15). The summed E-state index contributed by atoms with van der Waals surface area (Å²) in [5.74, 6) is 0.284. The molecule has 0 fully saturated rings. The van der Waals surface area contributed by atoms with E-state index in [1.807, 2.05) is 13.8 Å². The zero-order valence-corrected chi connectivity index (χ0v) is 12.9. The van der Waals surface area contributed by atoms with Crippen molar-refractivity contribution in [2.75, 3.05) is 19.3 Å². The lowest BCUT2D eigenvalue weighted by molar-refractivity contribution is -0.121. The molecular weight excluding hydrogens is 252 g/mol. The molecule has 1 amide bonds. The molecule has 5 nitrogen and oxygen atoms in total. The number of sulfonamides is 1. The lowest BCUT2D eigenvalue weighted by Gasteiger charge is -2.25. The first-order valence-electron chi connectivity index (χ1n) is 6.42. The van der Waals surface area contributed by atoms with Gasteiger partial charge in [-0.1, -0.05) is 20.8 Å². The van der Waals surface area contributed by atoms with Gasteiger partial charge in [0.15, 0.2) is 0 Å². The predicted molar refractivity (Wildman–Crippen MR) is 73.8 cm³/mol. The molecule has 108 valence electrons. The molecule has 0 aliphatic rings. The first-order chi connectivity index (χ1) is 8.18. The molecule has 0 bridgehead atoms. The third-order valence-corrected chi connectivity index (χ3v) is 4.19. The summed E-state index contributed by atoms with van der Waals surface area (Å²) < 4.78 is 24.4. The van der Waals surface area contributed by atoms with Crippen LogP contribution in [0.15, 0.2) is 0 Å². The van der Waals surface area contributed by atoms with Crippen molar-refractivity contribution in [2.45, 2.75) is 46.6 Å². The van der Waals surface area contributed by atoms with Gasteiger partial charge in [-0.05, 0) is 25.7 Å².